The van der Waals surface area contributed by atoms with E-state index in [0.717, 1.165) is 18.7 Å². The molecule has 0 atom stereocenters. The van der Waals surface area contributed by atoms with Crippen LogP contribution >= 0.6 is 0 Å². The average molecular weight is 385 g/mol. The van der Waals surface area contributed by atoms with E-state index < -0.39 is 11.8 Å². The van der Waals surface area contributed by atoms with Gasteiger partial charge in [0, 0.05) is 5.69 Å². The van der Waals surface area contributed by atoms with Gasteiger partial charge in [0.05, 0.1) is 45.5 Å². The third-order valence-corrected chi connectivity index (χ3v) is 4.77. The lowest BCUT2D eigenvalue weighted by Gasteiger charge is -2.31. The number of rotatable bonds is 5. The van der Waals surface area contributed by atoms with Crippen LogP contribution in [0.5, 0.6) is 0 Å². The fourth-order valence-corrected chi connectivity index (χ4v) is 3.09. The van der Waals surface area contributed by atoms with Crippen molar-refractivity contribution in [1.82, 2.24) is 10.2 Å². The maximum absolute atomic E-state index is 12.2. The first-order chi connectivity index (χ1) is 13.5. The molecule has 0 radical (unpaired) electrons. The van der Waals surface area contributed by atoms with Gasteiger partial charge >= 0.3 is 11.8 Å². The predicted octanol–water partition coefficient (Wildman–Crippen LogP) is -0.316. The molecule has 2 aromatic rings. The van der Waals surface area contributed by atoms with Crippen LogP contribution in [0.4, 0.5) is 5.69 Å². The zero-order valence-corrected chi connectivity index (χ0v) is 15.9. The summed E-state index contributed by atoms with van der Waals surface area (Å²) in [6.45, 7) is 5.91. The summed E-state index contributed by atoms with van der Waals surface area (Å²) >= 11 is 0. The molecule has 0 unspecified atom stereocenters. The number of amides is 3. The summed E-state index contributed by atoms with van der Waals surface area (Å²) in [5, 5.41) is 5.23. The summed E-state index contributed by atoms with van der Waals surface area (Å²) in [5.74, 6) is -1.06. The van der Waals surface area contributed by atoms with E-state index in [2.05, 4.69) is 10.6 Å². The fraction of sp³-hybridized carbons (Fsp3) is 0.350. The monoisotopic (exact) mass is 385 g/mol. The Morgan fingerprint density at radius 2 is 1.79 bits per heavy atom. The number of hydrogen-bond acceptors (Lipinski definition) is 4. The van der Waals surface area contributed by atoms with Crippen molar-refractivity contribution in [3.8, 4) is 0 Å². The van der Waals surface area contributed by atoms with Crippen LogP contribution in [0.3, 0.4) is 0 Å². The normalized spacial score (nSPS) is 14.5. The molecule has 0 bridgehead atoms. The molecule has 0 spiro atoms. The first-order valence-electron chi connectivity index (χ1n) is 9.35. The summed E-state index contributed by atoms with van der Waals surface area (Å²) in [5.41, 5.74) is 1.67. The van der Waals surface area contributed by atoms with Crippen LogP contribution in [0.2, 0.25) is 0 Å². The number of aryl methyl sites for hydroxylation is 1. The number of piperazine rings is 1. The maximum Gasteiger partial charge on any atom is 0.313 e. The summed E-state index contributed by atoms with van der Waals surface area (Å²) in [6.07, 6.45) is 1.49. The Morgan fingerprint density at radius 1 is 1.07 bits per heavy atom. The topological polar surface area (TPSA) is 96.1 Å². The zero-order valence-electron chi connectivity index (χ0n) is 15.9. The number of hydrogen-bond donors (Lipinski definition) is 3. The van der Waals surface area contributed by atoms with Gasteiger partial charge in [0.25, 0.3) is 5.91 Å². The molecule has 1 aliphatic rings. The minimum absolute atomic E-state index is 0.0925. The molecule has 148 valence electrons. The Hall–Kier alpha value is -3.13. The van der Waals surface area contributed by atoms with Gasteiger partial charge in [-0.1, -0.05) is 17.7 Å². The Balaban J connectivity index is 1.35. The fourth-order valence-electron chi connectivity index (χ4n) is 3.09. The maximum atomic E-state index is 12.2. The quantitative estimate of drug-likeness (QED) is 0.615. The van der Waals surface area contributed by atoms with Crippen LogP contribution in [-0.4, -0.2) is 61.9 Å². The van der Waals surface area contributed by atoms with Gasteiger partial charge in [0.1, 0.15) is 0 Å². The van der Waals surface area contributed by atoms with E-state index in [-0.39, 0.29) is 5.91 Å². The van der Waals surface area contributed by atoms with Gasteiger partial charge in [-0.05, 0) is 31.2 Å². The highest BCUT2D eigenvalue weighted by Gasteiger charge is 2.25. The SMILES string of the molecule is Cc1ccc(NC(=O)C(=O)NCC[NH+]2CCN(C(=O)c3ccco3)CC2)cc1. The molecule has 3 N–H and O–H groups in total. The van der Waals surface area contributed by atoms with Crippen LogP contribution in [0, 0.1) is 6.92 Å². The van der Waals surface area contributed by atoms with Crippen molar-refractivity contribution in [3.05, 3.63) is 54.0 Å². The number of carbonyl (C=O) groups excluding carboxylic acids is 3. The van der Waals surface area contributed by atoms with Crippen LogP contribution in [0.25, 0.3) is 0 Å². The van der Waals surface area contributed by atoms with E-state index >= 15 is 0 Å². The van der Waals surface area contributed by atoms with Gasteiger partial charge in [0.15, 0.2) is 5.76 Å². The Kier molecular flexibility index (Phi) is 6.44. The molecule has 28 heavy (non-hydrogen) atoms. The van der Waals surface area contributed by atoms with Crippen LogP contribution < -0.4 is 15.5 Å². The van der Waals surface area contributed by atoms with Gasteiger partial charge in [-0.2, -0.15) is 0 Å². The summed E-state index contributed by atoms with van der Waals surface area (Å²) < 4.78 is 5.15. The van der Waals surface area contributed by atoms with E-state index in [9.17, 15) is 14.4 Å². The number of nitrogens with zero attached hydrogens (tertiary/aromatic N) is 1. The van der Waals surface area contributed by atoms with Gasteiger partial charge < -0.3 is 24.9 Å². The van der Waals surface area contributed by atoms with Gasteiger partial charge in [0.2, 0.25) is 0 Å². The molecule has 8 heteroatoms. The lowest BCUT2D eigenvalue weighted by Crippen LogP contribution is -3.15. The Morgan fingerprint density at radius 3 is 2.43 bits per heavy atom. The molecular weight excluding hydrogens is 360 g/mol. The molecular formula is C20H25N4O4+. The lowest BCUT2D eigenvalue weighted by atomic mass is 10.2. The second-order valence-corrected chi connectivity index (χ2v) is 6.85. The number of carbonyl (C=O) groups is 3. The molecule has 1 saturated heterocycles. The smallest absolute Gasteiger partial charge is 0.313 e. The van der Waals surface area contributed by atoms with Crippen molar-refractivity contribution in [2.45, 2.75) is 6.92 Å². The molecule has 1 aliphatic heterocycles. The van der Waals surface area contributed by atoms with E-state index in [1.165, 1.54) is 11.2 Å². The van der Waals surface area contributed by atoms with Crippen molar-refractivity contribution in [2.24, 2.45) is 0 Å². The second kappa shape index (κ2) is 9.18. The third kappa shape index (κ3) is 5.20. The third-order valence-electron chi connectivity index (χ3n) is 4.77. The standard InChI is InChI=1S/C20H24N4O4/c1-15-4-6-16(7-5-15)22-19(26)18(25)21-8-9-23-10-12-24(13-11-23)20(27)17-3-2-14-28-17/h2-7,14H,8-13H2,1H3,(H,21,25)(H,22,26)/p+1. The average Bonchev–Trinajstić information content (AvgIpc) is 3.24. The second-order valence-electron chi connectivity index (χ2n) is 6.85. The van der Waals surface area contributed by atoms with Gasteiger partial charge in [-0.3, -0.25) is 14.4 Å². The first-order valence-corrected chi connectivity index (χ1v) is 9.35. The van der Waals surface area contributed by atoms with Crippen molar-refractivity contribution in [1.29, 1.82) is 0 Å². The molecule has 3 amide bonds. The number of quaternary nitrogens is 1. The first kappa shape index (κ1) is 19.6. The highest BCUT2D eigenvalue weighted by atomic mass is 16.3. The van der Waals surface area contributed by atoms with E-state index in [4.69, 9.17) is 4.42 Å². The summed E-state index contributed by atoms with van der Waals surface area (Å²) in [4.78, 5) is 39.2. The molecule has 0 saturated carbocycles. The minimum atomic E-state index is -0.673. The molecule has 3 rings (SSSR count). The Bertz CT molecular complexity index is 809. The molecule has 8 nitrogen and oxygen atoms in total. The van der Waals surface area contributed by atoms with Crippen LogP contribution in [0.1, 0.15) is 16.1 Å². The van der Waals surface area contributed by atoms with Crippen molar-refractivity contribution < 1.29 is 23.7 Å². The number of anilines is 1. The van der Waals surface area contributed by atoms with Crippen molar-refractivity contribution in [2.75, 3.05) is 44.6 Å². The van der Waals surface area contributed by atoms with Crippen LogP contribution in [-0.2, 0) is 9.59 Å². The number of furan rings is 1. The van der Waals surface area contributed by atoms with E-state index in [1.807, 2.05) is 19.1 Å². The minimum Gasteiger partial charge on any atom is -0.459 e. The van der Waals surface area contributed by atoms with Crippen molar-refractivity contribution >= 4 is 23.4 Å². The van der Waals surface area contributed by atoms with Gasteiger partial charge in [-0.15, -0.1) is 0 Å². The zero-order chi connectivity index (χ0) is 19.9. The van der Waals surface area contributed by atoms with Gasteiger partial charge in [-0.25, -0.2) is 0 Å². The number of benzene rings is 1. The molecule has 1 aromatic carbocycles. The molecule has 1 aromatic heterocycles. The highest BCUT2D eigenvalue weighted by Crippen LogP contribution is 2.08. The molecule has 2 heterocycles. The summed E-state index contributed by atoms with van der Waals surface area (Å²) in [6, 6.07) is 10.6. The Labute approximate surface area is 163 Å². The summed E-state index contributed by atoms with van der Waals surface area (Å²) in [7, 11) is 0. The van der Waals surface area contributed by atoms with E-state index in [0.29, 0.717) is 37.6 Å². The van der Waals surface area contributed by atoms with Crippen LogP contribution in [0.15, 0.2) is 47.1 Å². The molecule has 0 aliphatic carbocycles. The molecule has 1 fully saturated rings. The predicted molar refractivity (Wildman–Crippen MR) is 103 cm³/mol. The largest absolute Gasteiger partial charge is 0.459 e. The lowest BCUT2D eigenvalue weighted by molar-refractivity contribution is -0.902. The number of nitrogens with one attached hydrogen (secondary N) is 3. The van der Waals surface area contributed by atoms with E-state index in [1.54, 1.807) is 29.2 Å². The highest BCUT2D eigenvalue weighted by molar-refractivity contribution is 6.39. The van der Waals surface area contributed by atoms with Crippen molar-refractivity contribution in [3.63, 3.8) is 0 Å².